The van der Waals surface area contributed by atoms with Gasteiger partial charge < -0.3 is 14.4 Å². The van der Waals surface area contributed by atoms with E-state index < -0.39 is 5.60 Å². The van der Waals surface area contributed by atoms with E-state index in [4.69, 9.17) is 9.47 Å². The van der Waals surface area contributed by atoms with Crippen LogP contribution in [0, 0.1) is 0 Å². The molecule has 102 valence electrons. The topological polar surface area (TPSA) is 59.1 Å². The van der Waals surface area contributed by atoms with Crippen molar-refractivity contribution in [3.05, 3.63) is 0 Å². The van der Waals surface area contributed by atoms with Gasteiger partial charge in [-0.3, -0.25) is 9.69 Å². The number of ether oxygens (including phenoxy) is 2. The number of amides is 1. The molecule has 0 aromatic heterocycles. The number of cyclic esters (lactones) is 1. The fraction of sp³-hybridized carbons (Fsp3) is 0.833. The maximum atomic E-state index is 11.7. The minimum atomic E-state index is -0.461. The summed E-state index contributed by atoms with van der Waals surface area (Å²) < 4.78 is 10.2. The first kappa shape index (κ1) is 13.1. The molecule has 1 amide bonds. The Morgan fingerprint density at radius 2 is 2.06 bits per heavy atom. The summed E-state index contributed by atoms with van der Waals surface area (Å²) in [6.07, 6.45) is -0.279. The molecule has 2 heterocycles. The van der Waals surface area contributed by atoms with Crippen molar-refractivity contribution in [3.8, 4) is 0 Å². The van der Waals surface area contributed by atoms with Crippen molar-refractivity contribution >= 4 is 12.1 Å². The summed E-state index contributed by atoms with van der Waals surface area (Å²) >= 11 is 0. The van der Waals surface area contributed by atoms with Crippen molar-refractivity contribution < 1.29 is 19.1 Å². The van der Waals surface area contributed by atoms with Gasteiger partial charge in [-0.2, -0.15) is 0 Å². The second kappa shape index (κ2) is 4.76. The molecule has 0 unspecified atom stereocenters. The van der Waals surface area contributed by atoms with Crippen molar-refractivity contribution in [3.63, 3.8) is 0 Å². The molecule has 0 bridgehead atoms. The highest BCUT2D eigenvalue weighted by Crippen LogP contribution is 2.19. The van der Waals surface area contributed by atoms with Gasteiger partial charge in [-0.25, -0.2) is 4.79 Å². The fourth-order valence-corrected chi connectivity index (χ4v) is 2.04. The van der Waals surface area contributed by atoms with Crippen LogP contribution in [0.4, 0.5) is 4.79 Å². The van der Waals surface area contributed by atoms with E-state index in [0.29, 0.717) is 26.2 Å². The smallest absolute Gasteiger partial charge is 0.410 e. The molecule has 0 saturated carbocycles. The Bertz CT molecular complexity index is 344. The van der Waals surface area contributed by atoms with Gasteiger partial charge in [0, 0.05) is 25.7 Å². The summed E-state index contributed by atoms with van der Waals surface area (Å²) in [7, 11) is 0. The summed E-state index contributed by atoms with van der Waals surface area (Å²) in [6, 6.07) is 0.255. The molecule has 0 aromatic carbocycles. The van der Waals surface area contributed by atoms with Gasteiger partial charge in [0.25, 0.3) is 0 Å². The highest BCUT2D eigenvalue weighted by atomic mass is 16.6. The average molecular weight is 256 g/mol. The van der Waals surface area contributed by atoms with Crippen molar-refractivity contribution in [2.45, 2.75) is 32.4 Å². The Hall–Kier alpha value is -1.30. The van der Waals surface area contributed by atoms with E-state index in [9.17, 15) is 9.59 Å². The van der Waals surface area contributed by atoms with E-state index in [1.807, 2.05) is 20.8 Å². The van der Waals surface area contributed by atoms with Crippen LogP contribution in [-0.2, 0) is 14.3 Å². The number of nitrogens with zero attached hydrogens (tertiary/aromatic N) is 2. The van der Waals surface area contributed by atoms with Gasteiger partial charge in [0.15, 0.2) is 0 Å². The predicted molar refractivity (Wildman–Crippen MR) is 64.1 cm³/mol. The van der Waals surface area contributed by atoms with Crippen molar-refractivity contribution in [1.82, 2.24) is 9.80 Å². The molecule has 0 aromatic rings. The lowest BCUT2D eigenvalue weighted by atomic mass is 10.1. The second-order valence-electron chi connectivity index (χ2n) is 5.73. The van der Waals surface area contributed by atoms with Crippen LogP contribution in [0.15, 0.2) is 0 Å². The van der Waals surface area contributed by atoms with Crippen LogP contribution in [0.3, 0.4) is 0 Å². The van der Waals surface area contributed by atoms with E-state index in [1.165, 1.54) is 0 Å². The summed E-state index contributed by atoms with van der Waals surface area (Å²) in [5.41, 5.74) is -0.461. The van der Waals surface area contributed by atoms with Crippen molar-refractivity contribution in [2.75, 3.05) is 32.8 Å². The standard InChI is InChI=1S/C12H20N2O4/c1-12(2,3)18-11(16)14-6-9(7-14)13-4-5-17-10(15)8-13/h9H,4-8H2,1-3H3. The zero-order valence-electron chi connectivity index (χ0n) is 11.1. The first-order chi connectivity index (χ1) is 8.35. The zero-order valence-corrected chi connectivity index (χ0v) is 11.1. The summed E-state index contributed by atoms with van der Waals surface area (Å²) in [5.74, 6) is -0.183. The third kappa shape index (κ3) is 3.13. The number of morpholine rings is 1. The Morgan fingerprint density at radius 1 is 1.39 bits per heavy atom. The number of carbonyl (C=O) groups is 2. The largest absolute Gasteiger partial charge is 0.463 e. The molecule has 2 aliphatic rings. The third-order valence-electron chi connectivity index (χ3n) is 3.00. The molecule has 6 heteroatoms. The average Bonchev–Trinajstić information content (AvgIpc) is 2.11. The number of hydrogen-bond acceptors (Lipinski definition) is 5. The first-order valence-electron chi connectivity index (χ1n) is 6.23. The van der Waals surface area contributed by atoms with Crippen LogP contribution in [-0.4, -0.2) is 66.3 Å². The molecule has 0 aliphatic carbocycles. The number of hydrogen-bond donors (Lipinski definition) is 0. The van der Waals surface area contributed by atoms with Crippen LogP contribution in [0.1, 0.15) is 20.8 Å². The lowest BCUT2D eigenvalue weighted by Gasteiger charge is -2.45. The second-order valence-corrected chi connectivity index (χ2v) is 5.73. The lowest BCUT2D eigenvalue weighted by molar-refractivity contribution is -0.153. The molecule has 2 saturated heterocycles. The molecular formula is C12H20N2O4. The van der Waals surface area contributed by atoms with Crippen LogP contribution >= 0.6 is 0 Å². The van der Waals surface area contributed by atoms with Crippen LogP contribution in [0.2, 0.25) is 0 Å². The number of likely N-dealkylation sites (tertiary alicyclic amines) is 1. The van der Waals surface area contributed by atoms with Crippen molar-refractivity contribution in [2.24, 2.45) is 0 Å². The molecule has 2 rings (SSSR count). The molecule has 6 nitrogen and oxygen atoms in total. The summed E-state index contributed by atoms with van der Waals surface area (Å²) in [6.45, 7) is 8.33. The van der Waals surface area contributed by atoms with Crippen molar-refractivity contribution in [1.29, 1.82) is 0 Å². The van der Waals surface area contributed by atoms with Gasteiger partial charge in [-0.15, -0.1) is 0 Å². The lowest BCUT2D eigenvalue weighted by Crippen LogP contribution is -2.63. The maximum Gasteiger partial charge on any atom is 0.410 e. The molecule has 2 aliphatic heterocycles. The zero-order chi connectivity index (χ0) is 13.3. The summed E-state index contributed by atoms with van der Waals surface area (Å²) in [5, 5.41) is 0. The molecule has 0 N–H and O–H groups in total. The Balaban J connectivity index is 1.76. The number of rotatable bonds is 1. The van der Waals surface area contributed by atoms with Gasteiger partial charge in [-0.05, 0) is 20.8 Å². The number of carbonyl (C=O) groups excluding carboxylic acids is 2. The van der Waals surface area contributed by atoms with Gasteiger partial charge in [0.2, 0.25) is 0 Å². The van der Waals surface area contributed by atoms with E-state index >= 15 is 0 Å². The first-order valence-corrected chi connectivity index (χ1v) is 6.23. The third-order valence-corrected chi connectivity index (χ3v) is 3.00. The molecule has 0 spiro atoms. The molecule has 0 atom stereocenters. The van der Waals surface area contributed by atoms with E-state index in [-0.39, 0.29) is 18.1 Å². The van der Waals surface area contributed by atoms with Crippen LogP contribution in [0.25, 0.3) is 0 Å². The van der Waals surface area contributed by atoms with Crippen LogP contribution in [0.5, 0.6) is 0 Å². The highest BCUT2D eigenvalue weighted by Gasteiger charge is 2.38. The van der Waals surface area contributed by atoms with Gasteiger partial charge in [0.1, 0.15) is 12.2 Å². The molecule has 0 radical (unpaired) electrons. The Morgan fingerprint density at radius 3 is 2.61 bits per heavy atom. The van der Waals surface area contributed by atoms with E-state index in [2.05, 4.69) is 4.90 Å². The normalized spacial score (nSPS) is 22.4. The van der Waals surface area contributed by atoms with E-state index in [0.717, 1.165) is 6.54 Å². The minimum absolute atomic E-state index is 0.183. The molecule has 18 heavy (non-hydrogen) atoms. The van der Waals surface area contributed by atoms with Gasteiger partial charge in [-0.1, -0.05) is 0 Å². The Kier molecular flexibility index (Phi) is 3.47. The van der Waals surface area contributed by atoms with Crippen LogP contribution < -0.4 is 0 Å². The molecule has 2 fully saturated rings. The van der Waals surface area contributed by atoms with Gasteiger partial charge >= 0.3 is 12.1 Å². The minimum Gasteiger partial charge on any atom is -0.463 e. The SMILES string of the molecule is CC(C)(C)OC(=O)N1CC(N2CCOC(=O)C2)C1. The fourth-order valence-electron chi connectivity index (χ4n) is 2.04. The maximum absolute atomic E-state index is 11.7. The quantitative estimate of drug-likeness (QED) is 0.638. The van der Waals surface area contributed by atoms with Gasteiger partial charge in [0.05, 0.1) is 6.54 Å². The van der Waals surface area contributed by atoms with E-state index in [1.54, 1.807) is 4.90 Å². The highest BCUT2D eigenvalue weighted by molar-refractivity contribution is 5.72. The molecular weight excluding hydrogens is 236 g/mol. The Labute approximate surface area is 107 Å². The predicted octanol–water partition coefficient (Wildman–Crippen LogP) is 0.464. The number of esters is 1. The summed E-state index contributed by atoms with van der Waals surface area (Å²) in [4.78, 5) is 26.6. The monoisotopic (exact) mass is 256 g/mol.